The molecule has 3 nitrogen and oxygen atoms in total. The Morgan fingerprint density at radius 3 is 2.44 bits per heavy atom. The maximum atomic E-state index is 10.8. The van der Waals surface area contributed by atoms with Crippen LogP contribution in [0.2, 0.25) is 0 Å². The molecular weight excluding hydrogens is 226 g/mol. The smallest absolute Gasteiger partial charge is 0.407 e. The first-order valence-corrected chi connectivity index (χ1v) is 6.38. The summed E-state index contributed by atoms with van der Waals surface area (Å²) >= 11 is 0. The lowest BCUT2D eigenvalue weighted by Crippen LogP contribution is -2.36. The molecule has 3 heteroatoms. The molecule has 0 unspecified atom stereocenters. The predicted molar refractivity (Wildman–Crippen MR) is 72.5 cm³/mol. The van der Waals surface area contributed by atoms with Gasteiger partial charge in [0.1, 0.15) is 0 Å². The van der Waals surface area contributed by atoms with Crippen LogP contribution in [0, 0.1) is 12.8 Å². The Morgan fingerprint density at radius 2 is 1.89 bits per heavy atom. The Labute approximate surface area is 108 Å². The summed E-state index contributed by atoms with van der Waals surface area (Å²) < 4.78 is 0. The summed E-state index contributed by atoms with van der Waals surface area (Å²) in [6, 6.07) is 8.43. The topological polar surface area (TPSA) is 40.5 Å². The van der Waals surface area contributed by atoms with Crippen molar-refractivity contribution in [1.29, 1.82) is 0 Å². The molecule has 1 aromatic carbocycles. The molecule has 1 aromatic rings. The molecular formula is C15H19NO2. The van der Waals surface area contributed by atoms with Crippen LogP contribution in [-0.2, 0) is 0 Å². The fourth-order valence-corrected chi connectivity index (χ4v) is 2.21. The summed E-state index contributed by atoms with van der Waals surface area (Å²) in [5, 5.41) is 8.87. The van der Waals surface area contributed by atoms with E-state index < -0.39 is 6.09 Å². The van der Waals surface area contributed by atoms with E-state index in [0.29, 0.717) is 19.0 Å². The van der Waals surface area contributed by atoms with E-state index in [0.717, 1.165) is 12.8 Å². The third-order valence-corrected chi connectivity index (χ3v) is 3.45. The van der Waals surface area contributed by atoms with Crippen molar-refractivity contribution in [1.82, 2.24) is 4.90 Å². The molecule has 96 valence electrons. The molecule has 0 radical (unpaired) electrons. The lowest BCUT2D eigenvalue weighted by atomic mass is 9.96. The van der Waals surface area contributed by atoms with Crippen LogP contribution < -0.4 is 0 Å². The van der Waals surface area contributed by atoms with E-state index in [1.807, 2.05) is 0 Å². The van der Waals surface area contributed by atoms with Crippen LogP contribution >= 0.6 is 0 Å². The van der Waals surface area contributed by atoms with Crippen molar-refractivity contribution in [3.8, 4) is 0 Å². The maximum absolute atomic E-state index is 10.8. The van der Waals surface area contributed by atoms with Gasteiger partial charge >= 0.3 is 6.09 Å². The zero-order chi connectivity index (χ0) is 13.0. The normalized spacial score (nSPS) is 17.3. The van der Waals surface area contributed by atoms with Gasteiger partial charge in [0.25, 0.3) is 0 Å². The van der Waals surface area contributed by atoms with Gasteiger partial charge in [-0.15, -0.1) is 0 Å². The molecule has 1 aliphatic heterocycles. The van der Waals surface area contributed by atoms with Crippen LogP contribution in [0.25, 0.3) is 6.08 Å². The molecule has 0 spiro atoms. The minimum absolute atomic E-state index is 0.502. The van der Waals surface area contributed by atoms with E-state index in [9.17, 15) is 4.79 Å². The molecule has 0 aliphatic carbocycles. The van der Waals surface area contributed by atoms with Gasteiger partial charge in [-0.2, -0.15) is 0 Å². The molecule has 0 saturated carbocycles. The van der Waals surface area contributed by atoms with Gasteiger partial charge < -0.3 is 10.0 Å². The molecule has 2 rings (SSSR count). The number of likely N-dealkylation sites (tertiary alicyclic amines) is 1. The van der Waals surface area contributed by atoms with E-state index in [1.54, 1.807) is 0 Å². The first-order chi connectivity index (χ1) is 8.65. The number of aryl methyl sites for hydroxylation is 1. The van der Waals surface area contributed by atoms with Gasteiger partial charge in [0.05, 0.1) is 0 Å². The summed E-state index contributed by atoms with van der Waals surface area (Å²) in [6.45, 7) is 3.38. The standard InChI is InChI=1S/C15H19NO2/c1-12-2-4-13(5-3-12)6-7-14-8-10-16(11-9-14)15(17)18/h2-7,14H,8-11H2,1H3,(H,17,18)/b7-6+. The molecule has 1 heterocycles. The van der Waals surface area contributed by atoms with Crippen LogP contribution in [-0.4, -0.2) is 29.2 Å². The highest BCUT2D eigenvalue weighted by atomic mass is 16.4. The average Bonchev–Trinajstić information content (AvgIpc) is 2.38. The summed E-state index contributed by atoms with van der Waals surface area (Å²) in [5.41, 5.74) is 2.48. The fraction of sp³-hybridized carbons (Fsp3) is 0.400. The van der Waals surface area contributed by atoms with Gasteiger partial charge in [-0.3, -0.25) is 0 Å². The van der Waals surface area contributed by atoms with Crippen molar-refractivity contribution in [2.45, 2.75) is 19.8 Å². The molecule has 18 heavy (non-hydrogen) atoms. The Morgan fingerprint density at radius 1 is 1.28 bits per heavy atom. The molecule has 1 fully saturated rings. The number of hydrogen-bond donors (Lipinski definition) is 1. The number of amides is 1. The largest absolute Gasteiger partial charge is 0.465 e. The maximum Gasteiger partial charge on any atom is 0.407 e. The first kappa shape index (κ1) is 12.7. The summed E-state index contributed by atoms with van der Waals surface area (Å²) in [4.78, 5) is 12.3. The van der Waals surface area contributed by atoms with E-state index in [4.69, 9.17) is 5.11 Å². The number of rotatable bonds is 2. The molecule has 1 aliphatic rings. The number of carbonyl (C=O) groups is 1. The predicted octanol–water partition coefficient (Wildman–Crippen LogP) is 3.40. The van der Waals surface area contributed by atoms with Crippen LogP contribution in [0.3, 0.4) is 0 Å². The fourth-order valence-electron chi connectivity index (χ4n) is 2.21. The molecule has 0 bridgehead atoms. The lowest BCUT2D eigenvalue weighted by molar-refractivity contribution is 0.129. The van der Waals surface area contributed by atoms with Gasteiger partial charge in [0.15, 0.2) is 0 Å². The highest BCUT2D eigenvalue weighted by molar-refractivity contribution is 5.65. The van der Waals surface area contributed by atoms with Gasteiger partial charge in [-0.1, -0.05) is 42.0 Å². The monoisotopic (exact) mass is 245 g/mol. The van der Waals surface area contributed by atoms with Gasteiger partial charge in [0, 0.05) is 13.1 Å². The zero-order valence-corrected chi connectivity index (χ0v) is 10.7. The van der Waals surface area contributed by atoms with E-state index in [2.05, 4.69) is 43.3 Å². The molecule has 1 N–H and O–H groups in total. The quantitative estimate of drug-likeness (QED) is 0.867. The lowest BCUT2D eigenvalue weighted by Gasteiger charge is -2.28. The number of nitrogens with zero attached hydrogens (tertiary/aromatic N) is 1. The van der Waals surface area contributed by atoms with Gasteiger partial charge in [-0.05, 0) is 31.2 Å². The van der Waals surface area contributed by atoms with Crippen molar-refractivity contribution in [3.05, 3.63) is 41.5 Å². The van der Waals surface area contributed by atoms with Crippen LogP contribution in [0.15, 0.2) is 30.3 Å². The highest BCUT2D eigenvalue weighted by Gasteiger charge is 2.20. The van der Waals surface area contributed by atoms with E-state index >= 15 is 0 Å². The second-order valence-electron chi connectivity index (χ2n) is 4.88. The Balaban J connectivity index is 1.87. The second kappa shape index (κ2) is 5.71. The number of allylic oxidation sites excluding steroid dienone is 1. The number of hydrogen-bond acceptors (Lipinski definition) is 1. The third kappa shape index (κ3) is 3.36. The zero-order valence-electron chi connectivity index (χ0n) is 10.7. The molecule has 0 aromatic heterocycles. The Kier molecular flexibility index (Phi) is 4.03. The number of benzene rings is 1. The van der Waals surface area contributed by atoms with Gasteiger partial charge in [-0.25, -0.2) is 4.79 Å². The average molecular weight is 245 g/mol. The SMILES string of the molecule is Cc1ccc(/C=C/C2CCN(C(=O)O)CC2)cc1. The molecule has 0 atom stereocenters. The van der Waals surface area contributed by atoms with Gasteiger partial charge in [0.2, 0.25) is 0 Å². The van der Waals surface area contributed by atoms with Crippen molar-refractivity contribution in [3.63, 3.8) is 0 Å². The Hall–Kier alpha value is -1.77. The number of carboxylic acid groups (broad SMARTS) is 1. The first-order valence-electron chi connectivity index (χ1n) is 6.38. The van der Waals surface area contributed by atoms with E-state index in [1.165, 1.54) is 16.0 Å². The summed E-state index contributed by atoms with van der Waals surface area (Å²) in [5.74, 6) is 0.502. The van der Waals surface area contributed by atoms with Crippen LogP contribution in [0.4, 0.5) is 4.79 Å². The van der Waals surface area contributed by atoms with Crippen LogP contribution in [0.1, 0.15) is 24.0 Å². The van der Waals surface area contributed by atoms with Crippen molar-refractivity contribution < 1.29 is 9.90 Å². The van der Waals surface area contributed by atoms with Crippen LogP contribution in [0.5, 0.6) is 0 Å². The van der Waals surface area contributed by atoms with Crippen molar-refractivity contribution in [2.75, 3.05) is 13.1 Å². The third-order valence-electron chi connectivity index (χ3n) is 3.45. The number of piperidine rings is 1. The summed E-state index contributed by atoms with van der Waals surface area (Å²) in [7, 11) is 0. The molecule has 1 saturated heterocycles. The minimum Gasteiger partial charge on any atom is -0.465 e. The van der Waals surface area contributed by atoms with Crippen molar-refractivity contribution >= 4 is 12.2 Å². The Bertz CT molecular complexity index is 428. The second-order valence-corrected chi connectivity index (χ2v) is 4.88. The highest BCUT2D eigenvalue weighted by Crippen LogP contribution is 2.19. The summed E-state index contributed by atoms with van der Waals surface area (Å²) in [6.07, 6.45) is 5.41. The molecule has 1 amide bonds. The van der Waals surface area contributed by atoms with Crippen molar-refractivity contribution in [2.24, 2.45) is 5.92 Å². The van der Waals surface area contributed by atoms with E-state index in [-0.39, 0.29) is 0 Å². The minimum atomic E-state index is -0.795.